The Labute approximate surface area is 67.1 Å². The van der Waals surface area contributed by atoms with Crippen molar-refractivity contribution in [2.75, 3.05) is 6.16 Å². The average Bonchev–Trinajstić information content (AvgIpc) is 1.87. The number of hydrogen-bond acceptors (Lipinski definition) is 2. The molecule has 0 aliphatic carbocycles. The first-order valence-electron chi connectivity index (χ1n) is 2.57. The van der Waals surface area contributed by atoms with Gasteiger partial charge in [-0.15, -0.1) is 9.24 Å². The number of carbonyl (C=O) groups is 1. The van der Waals surface area contributed by atoms with E-state index in [9.17, 15) is 4.79 Å². The van der Waals surface area contributed by atoms with Crippen molar-refractivity contribution < 1.29 is 9.53 Å². The lowest BCUT2D eigenvalue weighted by Crippen LogP contribution is -1.98. The highest BCUT2D eigenvalue weighted by Crippen LogP contribution is 1.98. The highest BCUT2D eigenvalue weighted by Gasteiger charge is 1.91. The second-order valence-electron chi connectivity index (χ2n) is 1.44. The van der Waals surface area contributed by atoms with E-state index >= 15 is 0 Å². The lowest BCUT2D eigenvalue weighted by atomic mass is 10.6. The summed E-state index contributed by atoms with van der Waals surface area (Å²) in [4.78, 5) is 10.4. The van der Waals surface area contributed by atoms with Crippen molar-refractivity contribution in [3.05, 3.63) is 23.9 Å². The van der Waals surface area contributed by atoms with Crippen LogP contribution in [-0.4, -0.2) is 12.1 Å². The van der Waals surface area contributed by atoms with Crippen molar-refractivity contribution in [1.29, 1.82) is 0 Å². The summed E-state index contributed by atoms with van der Waals surface area (Å²) < 4.78 is 4.52. The summed E-state index contributed by atoms with van der Waals surface area (Å²) in [5.41, 5.74) is 0. The SMILES string of the molecule is C=C(Cl)C=COC(=O)CP. The normalized spacial score (nSPS) is 9.80. The molecule has 0 N–H and O–H groups in total. The summed E-state index contributed by atoms with van der Waals surface area (Å²) in [7, 11) is 2.25. The van der Waals surface area contributed by atoms with E-state index in [-0.39, 0.29) is 12.1 Å². The third-order valence-corrected chi connectivity index (χ3v) is 1.07. The number of allylic oxidation sites excluding steroid dienone is 2. The molecule has 0 aromatic carbocycles. The van der Waals surface area contributed by atoms with Crippen LogP contribution < -0.4 is 0 Å². The highest BCUT2D eigenvalue weighted by atomic mass is 35.5. The summed E-state index contributed by atoms with van der Waals surface area (Å²) in [6.07, 6.45) is 2.89. The van der Waals surface area contributed by atoms with E-state index in [0.717, 1.165) is 0 Å². The molecule has 2 nitrogen and oxygen atoms in total. The number of ether oxygens (including phenoxy) is 1. The van der Waals surface area contributed by atoms with Crippen LogP contribution >= 0.6 is 20.8 Å². The summed E-state index contributed by atoms with van der Waals surface area (Å²) in [6.45, 7) is 3.36. The zero-order valence-electron chi connectivity index (χ0n) is 5.34. The van der Waals surface area contributed by atoms with Crippen LogP contribution in [0.25, 0.3) is 0 Å². The molecule has 0 spiro atoms. The monoisotopic (exact) mass is 178 g/mol. The van der Waals surface area contributed by atoms with Gasteiger partial charge < -0.3 is 4.74 Å². The van der Waals surface area contributed by atoms with Gasteiger partial charge in [-0.2, -0.15) is 0 Å². The number of hydrogen-bond donors (Lipinski definition) is 0. The zero-order valence-corrected chi connectivity index (χ0v) is 7.25. The Balaban J connectivity index is 3.53. The lowest BCUT2D eigenvalue weighted by Gasteiger charge is -1.91. The first-order chi connectivity index (χ1) is 4.66. The quantitative estimate of drug-likeness (QED) is 0.284. The molecule has 0 saturated carbocycles. The summed E-state index contributed by atoms with van der Waals surface area (Å²) in [5, 5.41) is 0.330. The van der Waals surface area contributed by atoms with Gasteiger partial charge in [-0.25, -0.2) is 0 Å². The van der Waals surface area contributed by atoms with Gasteiger partial charge >= 0.3 is 5.97 Å². The van der Waals surface area contributed by atoms with Crippen molar-refractivity contribution in [3.63, 3.8) is 0 Å². The molecule has 56 valence electrons. The van der Waals surface area contributed by atoms with Gasteiger partial charge in [0.05, 0.1) is 12.4 Å². The molecule has 0 amide bonds. The number of esters is 1. The maximum absolute atomic E-state index is 10.4. The highest BCUT2D eigenvalue weighted by molar-refractivity contribution is 7.18. The van der Waals surface area contributed by atoms with Crippen LogP contribution in [-0.2, 0) is 9.53 Å². The van der Waals surface area contributed by atoms with Gasteiger partial charge in [0.15, 0.2) is 0 Å². The molecule has 0 heterocycles. The van der Waals surface area contributed by atoms with E-state index in [2.05, 4.69) is 20.6 Å². The first kappa shape index (κ1) is 9.67. The number of rotatable bonds is 3. The van der Waals surface area contributed by atoms with Crippen molar-refractivity contribution >= 4 is 26.8 Å². The molecular weight excluding hydrogens is 170 g/mol. The number of carbonyl (C=O) groups excluding carboxylic acids is 1. The lowest BCUT2D eigenvalue weighted by molar-refractivity contribution is -0.134. The van der Waals surface area contributed by atoms with Gasteiger partial charge in [0, 0.05) is 5.03 Å². The molecule has 1 atom stereocenters. The molecule has 0 aliphatic rings. The van der Waals surface area contributed by atoms with Crippen LogP contribution in [0.4, 0.5) is 0 Å². The predicted octanol–water partition coefficient (Wildman–Crippen LogP) is 1.67. The summed E-state index contributed by atoms with van der Waals surface area (Å²) >= 11 is 5.33. The van der Waals surface area contributed by atoms with Crippen LogP contribution in [0.1, 0.15) is 0 Å². The molecule has 0 aromatic rings. The summed E-state index contributed by atoms with van der Waals surface area (Å²) in [5.74, 6) is -0.320. The largest absolute Gasteiger partial charge is 0.434 e. The topological polar surface area (TPSA) is 26.3 Å². The maximum atomic E-state index is 10.4. The van der Waals surface area contributed by atoms with Crippen molar-refractivity contribution in [2.24, 2.45) is 0 Å². The third kappa shape index (κ3) is 5.80. The molecule has 0 fully saturated rings. The molecule has 4 heteroatoms. The molecule has 0 radical (unpaired) electrons. The van der Waals surface area contributed by atoms with Crippen molar-refractivity contribution in [1.82, 2.24) is 0 Å². The third-order valence-electron chi connectivity index (χ3n) is 0.615. The van der Waals surface area contributed by atoms with Gasteiger partial charge in [0.25, 0.3) is 0 Å². The van der Waals surface area contributed by atoms with Gasteiger partial charge in [-0.05, 0) is 6.08 Å². The number of halogens is 1. The Morgan fingerprint density at radius 2 is 2.40 bits per heavy atom. The fraction of sp³-hybridized carbons (Fsp3) is 0.167. The van der Waals surface area contributed by atoms with E-state index < -0.39 is 0 Å². The van der Waals surface area contributed by atoms with Crippen LogP contribution in [0, 0.1) is 0 Å². The van der Waals surface area contributed by atoms with Gasteiger partial charge in [-0.3, -0.25) is 4.79 Å². The van der Waals surface area contributed by atoms with Crippen LogP contribution in [0.5, 0.6) is 0 Å². The van der Waals surface area contributed by atoms with Crippen molar-refractivity contribution in [2.45, 2.75) is 0 Å². The summed E-state index contributed by atoms with van der Waals surface area (Å²) in [6, 6.07) is 0. The van der Waals surface area contributed by atoms with Crippen LogP contribution in [0.15, 0.2) is 23.9 Å². The first-order valence-corrected chi connectivity index (χ1v) is 3.76. The average molecular weight is 179 g/mol. The molecule has 0 aliphatic heterocycles. The van der Waals surface area contributed by atoms with Crippen LogP contribution in [0.2, 0.25) is 0 Å². The molecule has 10 heavy (non-hydrogen) atoms. The fourth-order valence-electron chi connectivity index (χ4n) is 0.232. The minimum absolute atomic E-state index is 0.277. The molecule has 0 bridgehead atoms. The molecule has 0 rings (SSSR count). The zero-order chi connectivity index (χ0) is 7.98. The van der Waals surface area contributed by atoms with Gasteiger partial charge in [-0.1, -0.05) is 18.2 Å². The van der Waals surface area contributed by atoms with E-state index in [4.69, 9.17) is 11.6 Å². The smallest absolute Gasteiger partial charge is 0.314 e. The Hall–Kier alpha value is -0.330. The second-order valence-corrected chi connectivity index (χ2v) is 2.34. The van der Waals surface area contributed by atoms with Gasteiger partial charge in [0.2, 0.25) is 0 Å². The Morgan fingerprint density at radius 3 is 2.80 bits per heavy atom. The second kappa shape index (κ2) is 5.45. The van der Waals surface area contributed by atoms with Gasteiger partial charge in [0.1, 0.15) is 0 Å². The Morgan fingerprint density at radius 1 is 1.80 bits per heavy atom. The molecular formula is C6H8ClO2P. The van der Waals surface area contributed by atoms with E-state index in [1.807, 2.05) is 0 Å². The van der Waals surface area contributed by atoms with E-state index in [0.29, 0.717) is 5.03 Å². The predicted molar refractivity (Wildman–Crippen MR) is 44.8 cm³/mol. The van der Waals surface area contributed by atoms with Crippen molar-refractivity contribution in [3.8, 4) is 0 Å². The standard InChI is InChI=1S/C6H8ClO2P/c1-5(7)2-3-9-6(8)4-10/h2-3H,1,4,10H2. The van der Waals surface area contributed by atoms with E-state index in [1.54, 1.807) is 0 Å². The molecule has 0 saturated heterocycles. The Kier molecular flexibility index (Phi) is 5.27. The minimum atomic E-state index is -0.320. The van der Waals surface area contributed by atoms with Crippen LogP contribution in [0.3, 0.4) is 0 Å². The minimum Gasteiger partial charge on any atom is -0.434 e. The maximum Gasteiger partial charge on any atom is 0.314 e. The molecule has 0 aromatic heterocycles. The molecule has 1 unspecified atom stereocenters. The Bertz CT molecular complexity index is 165. The van der Waals surface area contributed by atoms with E-state index in [1.165, 1.54) is 12.3 Å². The fourth-order valence-corrected chi connectivity index (χ4v) is 0.380.